The van der Waals surface area contributed by atoms with Crippen LogP contribution in [0.25, 0.3) is 10.8 Å². The predicted molar refractivity (Wildman–Crippen MR) is 79.2 cm³/mol. The molecule has 2 heterocycles. The van der Waals surface area contributed by atoms with Gasteiger partial charge in [0.25, 0.3) is 11.5 Å². The number of pyridine rings is 1. The number of carbonyl (C=O) groups excluding carboxylic acids is 1. The molecule has 0 aliphatic rings. The Bertz CT molecular complexity index is 821. The number of carbonyl (C=O) groups is 1. The highest BCUT2D eigenvalue weighted by molar-refractivity contribution is 6.06. The third-order valence-corrected chi connectivity index (χ3v) is 3.29. The van der Waals surface area contributed by atoms with Crippen molar-refractivity contribution in [1.82, 2.24) is 20.3 Å². The van der Waals surface area contributed by atoms with Gasteiger partial charge in [0.2, 0.25) is 0 Å². The lowest BCUT2D eigenvalue weighted by Crippen LogP contribution is -2.27. The first-order valence-electron chi connectivity index (χ1n) is 6.61. The fraction of sp³-hybridized carbons (Fsp3) is 0.133. The third-order valence-electron chi connectivity index (χ3n) is 3.29. The van der Waals surface area contributed by atoms with Gasteiger partial charge in [-0.05, 0) is 6.07 Å². The van der Waals surface area contributed by atoms with Crippen LogP contribution in [-0.2, 0) is 6.42 Å². The summed E-state index contributed by atoms with van der Waals surface area (Å²) in [7, 11) is 0. The molecule has 0 unspecified atom stereocenters. The van der Waals surface area contributed by atoms with Gasteiger partial charge in [-0.2, -0.15) is 0 Å². The molecule has 0 aliphatic carbocycles. The first-order chi connectivity index (χ1) is 10.3. The van der Waals surface area contributed by atoms with Crippen LogP contribution in [0.2, 0.25) is 0 Å². The Kier molecular flexibility index (Phi) is 3.51. The molecule has 1 aromatic carbocycles. The summed E-state index contributed by atoms with van der Waals surface area (Å²) in [5.41, 5.74) is 1.23. The molecule has 2 aromatic heterocycles. The number of benzene rings is 1. The van der Waals surface area contributed by atoms with Gasteiger partial charge in [0.15, 0.2) is 0 Å². The molecule has 0 spiro atoms. The molecular weight excluding hydrogens is 268 g/mol. The SMILES string of the molecule is O=C(NCCc1cnc[nH]1)c1c[nH]c(=O)c2ccccc12. The molecule has 0 saturated heterocycles. The van der Waals surface area contributed by atoms with Gasteiger partial charge < -0.3 is 15.3 Å². The molecule has 6 nitrogen and oxygen atoms in total. The Morgan fingerprint density at radius 2 is 2.00 bits per heavy atom. The lowest BCUT2D eigenvalue weighted by atomic mass is 10.1. The lowest BCUT2D eigenvalue weighted by Gasteiger charge is -2.07. The van der Waals surface area contributed by atoms with Crippen LogP contribution in [0.5, 0.6) is 0 Å². The highest BCUT2D eigenvalue weighted by Gasteiger charge is 2.11. The monoisotopic (exact) mass is 282 g/mol. The zero-order valence-electron chi connectivity index (χ0n) is 11.2. The Balaban J connectivity index is 1.78. The molecule has 0 bridgehead atoms. The molecule has 3 rings (SSSR count). The van der Waals surface area contributed by atoms with Crippen LogP contribution in [0, 0.1) is 0 Å². The van der Waals surface area contributed by atoms with E-state index in [9.17, 15) is 9.59 Å². The van der Waals surface area contributed by atoms with Crippen molar-refractivity contribution in [3.63, 3.8) is 0 Å². The normalized spacial score (nSPS) is 10.7. The molecule has 106 valence electrons. The minimum absolute atomic E-state index is 0.195. The summed E-state index contributed by atoms with van der Waals surface area (Å²) in [5.74, 6) is -0.207. The maximum absolute atomic E-state index is 12.2. The van der Waals surface area contributed by atoms with E-state index in [1.165, 1.54) is 6.20 Å². The summed E-state index contributed by atoms with van der Waals surface area (Å²) < 4.78 is 0. The molecule has 0 saturated carbocycles. The fourth-order valence-corrected chi connectivity index (χ4v) is 2.22. The molecule has 0 radical (unpaired) electrons. The standard InChI is InChI=1S/C15H14N4O2/c20-14-12-4-2-1-3-11(12)13(8-18-14)15(21)17-6-5-10-7-16-9-19-10/h1-4,7-9H,5-6H2,(H,16,19)(H,17,21)(H,18,20). The smallest absolute Gasteiger partial charge is 0.255 e. The molecule has 0 fully saturated rings. The van der Waals surface area contributed by atoms with E-state index >= 15 is 0 Å². The number of rotatable bonds is 4. The average molecular weight is 282 g/mol. The van der Waals surface area contributed by atoms with Crippen molar-refractivity contribution in [3.8, 4) is 0 Å². The second-order valence-electron chi connectivity index (χ2n) is 4.66. The zero-order chi connectivity index (χ0) is 14.7. The highest BCUT2D eigenvalue weighted by atomic mass is 16.1. The van der Waals surface area contributed by atoms with Crippen LogP contribution in [0.3, 0.4) is 0 Å². The van der Waals surface area contributed by atoms with Crippen molar-refractivity contribution in [1.29, 1.82) is 0 Å². The van der Waals surface area contributed by atoms with E-state index < -0.39 is 0 Å². The van der Waals surface area contributed by atoms with Crippen molar-refractivity contribution in [3.05, 3.63) is 64.6 Å². The average Bonchev–Trinajstić information content (AvgIpc) is 3.01. The fourth-order valence-electron chi connectivity index (χ4n) is 2.22. The van der Waals surface area contributed by atoms with Crippen molar-refractivity contribution >= 4 is 16.7 Å². The van der Waals surface area contributed by atoms with Crippen LogP contribution in [0.15, 0.2) is 47.8 Å². The molecule has 0 aliphatic heterocycles. The molecule has 0 atom stereocenters. The second kappa shape index (κ2) is 5.62. The maximum Gasteiger partial charge on any atom is 0.255 e. The summed E-state index contributed by atoms with van der Waals surface area (Å²) in [4.78, 5) is 33.5. The van der Waals surface area contributed by atoms with Gasteiger partial charge in [0, 0.05) is 41.8 Å². The lowest BCUT2D eigenvalue weighted by molar-refractivity contribution is 0.0955. The number of amides is 1. The molecule has 21 heavy (non-hydrogen) atoms. The van der Waals surface area contributed by atoms with Gasteiger partial charge in [0.05, 0.1) is 11.9 Å². The summed E-state index contributed by atoms with van der Waals surface area (Å²) in [6.07, 6.45) is 5.46. The summed E-state index contributed by atoms with van der Waals surface area (Å²) >= 11 is 0. The van der Waals surface area contributed by atoms with Crippen LogP contribution in [-0.4, -0.2) is 27.4 Å². The van der Waals surface area contributed by atoms with Gasteiger partial charge in [-0.3, -0.25) is 9.59 Å². The van der Waals surface area contributed by atoms with Gasteiger partial charge in [-0.25, -0.2) is 4.98 Å². The second-order valence-corrected chi connectivity index (χ2v) is 4.66. The number of hydrogen-bond acceptors (Lipinski definition) is 3. The number of aromatic amines is 2. The van der Waals surface area contributed by atoms with Crippen LogP contribution < -0.4 is 10.9 Å². The number of imidazole rings is 1. The molecule has 3 N–H and O–H groups in total. The number of H-pyrrole nitrogens is 2. The van der Waals surface area contributed by atoms with E-state index in [2.05, 4.69) is 20.3 Å². The number of nitrogens with zero attached hydrogens (tertiary/aromatic N) is 1. The maximum atomic E-state index is 12.2. The van der Waals surface area contributed by atoms with Gasteiger partial charge >= 0.3 is 0 Å². The van der Waals surface area contributed by atoms with Crippen molar-refractivity contribution in [2.75, 3.05) is 6.54 Å². The van der Waals surface area contributed by atoms with Crippen LogP contribution >= 0.6 is 0 Å². The highest BCUT2D eigenvalue weighted by Crippen LogP contribution is 2.13. The van der Waals surface area contributed by atoms with Crippen molar-refractivity contribution in [2.45, 2.75) is 6.42 Å². The van der Waals surface area contributed by atoms with Gasteiger partial charge in [0.1, 0.15) is 0 Å². The molecule has 3 aromatic rings. The Labute approximate surface area is 120 Å². The summed E-state index contributed by atoms with van der Waals surface area (Å²) in [6.45, 7) is 0.495. The minimum atomic E-state index is -0.207. The van der Waals surface area contributed by atoms with E-state index in [1.807, 2.05) is 6.07 Å². The number of hydrogen-bond donors (Lipinski definition) is 3. The largest absolute Gasteiger partial charge is 0.352 e. The molecule has 6 heteroatoms. The molecule has 1 amide bonds. The van der Waals surface area contributed by atoms with Crippen LogP contribution in [0.1, 0.15) is 16.1 Å². The third kappa shape index (κ3) is 2.69. The Morgan fingerprint density at radius 3 is 2.76 bits per heavy atom. The molecular formula is C15H14N4O2. The van der Waals surface area contributed by atoms with Crippen molar-refractivity contribution in [2.24, 2.45) is 0 Å². The zero-order valence-corrected chi connectivity index (χ0v) is 11.2. The topological polar surface area (TPSA) is 90.6 Å². The minimum Gasteiger partial charge on any atom is -0.352 e. The number of nitrogens with one attached hydrogen (secondary N) is 3. The van der Waals surface area contributed by atoms with E-state index in [4.69, 9.17) is 0 Å². The Morgan fingerprint density at radius 1 is 1.19 bits per heavy atom. The summed E-state index contributed by atoms with van der Waals surface area (Å²) in [5, 5.41) is 4.01. The quantitative estimate of drug-likeness (QED) is 0.672. The van der Waals surface area contributed by atoms with E-state index in [-0.39, 0.29) is 11.5 Å². The Hall–Kier alpha value is -2.89. The number of aromatic nitrogens is 3. The van der Waals surface area contributed by atoms with E-state index in [0.29, 0.717) is 29.3 Å². The predicted octanol–water partition coefficient (Wildman–Crippen LogP) is 1.22. The van der Waals surface area contributed by atoms with E-state index in [1.54, 1.807) is 30.7 Å². The van der Waals surface area contributed by atoms with Crippen LogP contribution in [0.4, 0.5) is 0 Å². The van der Waals surface area contributed by atoms with Gasteiger partial charge in [-0.15, -0.1) is 0 Å². The first-order valence-corrected chi connectivity index (χ1v) is 6.61. The number of fused-ring (bicyclic) bond motifs is 1. The van der Waals surface area contributed by atoms with Gasteiger partial charge in [-0.1, -0.05) is 18.2 Å². The van der Waals surface area contributed by atoms with Crippen molar-refractivity contribution < 1.29 is 4.79 Å². The summed E-state index contributed by atoms with van der Waals surface area (Å²) in [6, 6.07) is 7.06. The first kappa shape index (κ1) is 13.1. The van der Waals surface area contributed by atoms with E-state index in [0.717, 1.165) is 5.69 Å².